The Morgan fingerprint density at radius 1 is 1.00 bits per heavy atom. The van der Waals surface area contributed by atoms with Gasteiger partial charge in [-0.25, -0.2) is 14.0 Å². The van der Waals surface area contributed by atoms with E-state index < -0.39 is 11.9 Å². The number of halogens is 1. The number of amides is 1. The second-order valence-corrected chi connectivity index (χ2v) is 8.20. The van der Waals surface area contributed by atoms with Gasteiger partial charge in [-0.05, 0) is 41.8 Å². The number of H-pyrrole nitrogens is 1. The second-order valence-electron chi connectivity index (χ2n) is 7.25. The maximum absolute atomic E-state index is 13.1. The Kier molecular flexibility index (Phi) is 8.22. The molecule has 0 radical (unpaired) electrons. The minimum Gasteiger partial charge on any atom is -0.473 e. The quantitative estimate of drug-likeness (QED) is 0.366. The number of aliphatic carboxylic acids is 2. The zero-order valence-corrected chi connectivity index (χ0v) is 18.6. The van der Waals surface area contributed by atoms with Gasteiger partial charge < -0.3 is 15.1 Å². The molecule has 1 amide bonds. The fourth-order valence-electron chi connectivity index (χ4n) is 3.20. The maximum Gasteiger partial charge on any atom is 0.414 e. The number of carbonyl (C=O) groups excluding carboxylic acids is 2. The second kappa shape index (κ2) is 11.3. The monoisotopic (exact) mass is 488 g/mol. The van der Waals surface area contributed by atoms with Crippen LogP contribution in [0.1, 0.15) is 20.2 Å². The minimum atomic E-state index is -1.82. The number of carbonyl (C=O) groups is 4. The molecule has 0 atom stereocenters. The van der Waals surface area contributed by atoms with Gasteiger partial charge in [-0.15, -0.1) is 11.3 Å². The summed E-state index contributed by atoms with van der Waals surface area (Å²) in [6.45, 7) is 2.80. The molecule has 3 N–H and O–H groups in total. The first-order valence-corrected chi connectivity index (χ1v) is 11.0. The van der Waals surface area contributed by atoms with Gasteiger partial charge in [0.2, 0.25) is 0 Å². The van der Waals surface area contributed by atoms with Crippen LogP contribution in [-0.2, 0) is 9.59 Å². The van der Waals surface area contributed by atoms with Crippen LogP contribution < -0.4 is 0 Å². The predicted octanol–water partition coefficient (Wildman–Crippen LogP) is 2.07. The van der Waals surface area contributed by atoms with E-state index >= 15 is 0 Å². The Morgan fingerprint density at radius 3 is 2.21 bits per heavy atom. The van der Waals surface area contributed by atoms with Crippen LogP contribution in [0.25, 0.3) is 11.3 Å². The molecule has 0 aliphatic carbocycles. The highest BCUT2D eigenvalue weighted by atomic mass is 32.1. The van der Waals surface area contributed by atoms with Crippen LogP contribution in [0.5, 0.6) is 0 Å². The fourth-order valence-corrected chi connectivity index (χ4v) is 3.85. The van der Waals surface area contributed by atoms with Crippen molar-refractivity contribution < 1.29 is 33.8 Å². The van der Waals surface area contributed by atoms with Gasteiger partial charge in [-0.1, -0.05) is 6.07 Å². The molecule has 0 spiro atoms. The summed E-state index contributed by atoms with van der Waals surface area (Å²) in [6.07, 6.45) is 0. The van der Waals surface area contributed by atoms with E-state index in [4.69, 9.17) is 19.8 Å². The third-order valence-electron chi connectivity index (χ3n) is 4.95. The number of hydrogen-bond donors (Lipinski definition) is 3. The molecular weight excluding hydrogens is 467 g/mol. The zero-order chi connectivity index (χ0) is 24.7. The van der Waals surface area contributed by atoms with Crippen LogP contribution in [0.3, 0.4) is 0 Å². The summed E-state index contributed by atoms with van der Waals surface area (Å²) in [7, 11) is 0. The predicted molar refractivity (Wildman–Crippen MR) is 120 cm³/mol. The Morgan fingerprint density at radius 2 is 1.65 bits per heavy atom. The summed E-state index contributed by atoms with van der Waals surface area (Å²) in [4.78, 5) is 47.7. The molecule has 1 fully saturated rings. The minimum absolute atomic E-state index is 0.118. The van der Waals surface area contributed by atoms with E-state index in [-0.39, 0.29) is 17.5 Å². The molecular formula is C22H21FN4O6S. The van der Waals surface area contributed by atoms with Crippen LogP contribution in [0.4, 0.5) is 4.39 Å². The van der Waals surface area contributed by atoms with Gasteiger partial charge in [0.15, 0.2) is 5.78 Å². The highest BCUT2D eigenvalue weighted by Crippen LogP contribution is 2.19. The number of thiophene rings is 1. The van der Waals surface area contributed by atoms with Gasteiger partial charge in [0.25, 0.3) is 5.91 Å². The van der Waals surface area contributed by atoms with E-state index in [1.807, 2.05) is 17.5 Å². The van der Waals surface area contributed by atoms with Crippen molar-refractivity contribution in [1.82, 2.24) is 20.0 Å². The van der Waals surface area contributed by atoms with E-state index in [0.29, 0.717) is 44.1 Å². The van der Waals surface area contributed by atoms with Crippen molar-refractivity contribution in [2.75, 3.05) is 32.7 Å². The molecule has 10 nitrogen and oxygen atoms in total. The van der Waals surface area contributed by atoms with Gasteiger partial charge in [0, 0.05) is 31.7 Å². The molecule has 178 valence electrons. The van der Waals surface area contributed by atoms with Gasteiger partial charge in [-0.2, -0.15) is 5.10 Å². The lowest BCUT2D eigenvalue weighted by molar-refractivity contribution is -0.159. The molecule has 4 rings (SSSR count). The van der Waals surface area contributed by atoms with E-state index in [0.717, 1.165) is 10.4 Å². The normalized spacial score (nSPS) is 13.6. The van der Waals surface area contributed by atoms with Gasteiger partial charge >= 0.3 is 11.9 Å². The molecule has 3 aromatic rings. The highest BCUT2D eigenvalue weighted by Gasteiger charge is 2.25. The first-order chi connectivity index (χ1) is 16.2. The summed E-state index contributed by atoms with van der Waals surface area (Å²) in [5.41, 5.74) is 1.75. The number of aromatic nitrogens is 2. The van der Waals surface area contributed by atoms with Crippen LogP contribution in [0.15, 0.2) is 47.8 Å². The Bertz CT molecular complexity index is 1140. The number of hydrogen-bond acceptors (Lipinski definition) is 7. The Labute approximate surface area is 197 Å². The third-order valence-corrected chi connectivity index (χ3v) is 5.86. The summed E-state index contributed by atoms with van der Waals surface area (Å²) in [5, 5.41) is 23.6. The zero-order valence-electron chi connectivity index (χ0n) is 17.8. The van der Waals surface area contributed by atoms with E-state index in [9.17, 15) is 14.0 Å². The highest BCUT2D eigenvalue weighted by molar-refractivity contribution is 7.12. The Balaban J connectivity index is 0.000000481. The van der Waals surface area contributed by atoms with Crippen LogP contribution >= 0.6 is 11.3 Å². The average molecular weight is 488 g/mol. The van der Waals surface area contributed by atoms with E-state index in [2.05, 4.69) is 15.1 Å². The van der Waals surface area contributed by atoms with Crippen molar-refractivity contribution in [1.29, 1.82) is 0 Å². The third kappa shape index (κ3) is 6.56. The van der Waals surface area contributed by atoms with Gasteiger partial charge in [-0.3, -0.25) is 19.6 Å². The lowest BCUT2D eigenvalue weighted by Gasteiger charge is -2.33. The standard InChI is InChI=1S/C20H19FN4O2S.C2H2O4/c21-15-5-3-14(4-6-15)16-12-17(23-22-16)20(27)25-9-7-24(8-10-25)13-18(26)19-2-1-11-28-19;3-1(4)2(5)6/h1-6,11-12H,7-10,13H2,(H,22,23);(H,3,4)(H,5,6). The van der Waals surface area contributed by atoms with Crippen molar-refractivity contribution in [3.63, 3.8) is 0 Å². The van der Waals surface area contributed by atoms with Crippen molar-refractivity contribution >= 4 is 35.0 Å². The fraction of sp³-hybridized carbons (Fsp3) is 0.227. The van der Waals surface area contributed by atoms with Crippen LogP contribution in [0, 0.1) is 5.82 Å². The molecule has 34 heavy (non-hydrogen) atoms. The number of benzene rings is 1. The summed E-state index contributed by atoms with van der Waals surface area (Å²) in [6, 6.07) is 11.4. The maximum atomic E-state index is 13.1. The van der Waals surface area contributed by atoms with Crippen LogP contribution in [-0.4, -0.2) is 86.6 Å². The average Bonchev–Trinajstić information content (AvgIpc) is 3.53. The number of nitrogens with zero attached hydrogens (tertiary/aromatic N) is 3. The summed E-state index contributed by atoms with van der Waals surface area (Å²) < 4.78 is 13.1. The number of ketones is 1. The smallest absolute Gasteiger partial charge is 0.414 e. The lowest BCUT2D eigenvalue weighted by atomic mass is 10.1. The topological polar surface area (TPSA) is 144 Å². The molecule has 1 aliphatic heterocycles. The number of rotatable bonds is 5. The van der Waals surface area contributed by atoms with Gasteiger partial charge in [0.05, 0.1) is 17.1 Å². The summed E-state index contributed by atoms with van der Waals surface area (Å²) in [5.74, 6) is -3.96. The first-order valence-electron chi connectivity index (χ1n) is 10.1. The Hall–Kier alpha value is -3.90. The molecule has 12 heteroatoms. The van der Waals surface area contributed by atoms with E-state index in [1.54, 1.807) is 23.1 Å². The molecule has 1 aliphatic rings. The number of carboxylic acid groups (broad SMARTS) is 2. The molecule has 0 bridgehead atoms. The molecule has 0 unspecified atom stereocenters. The number of nitrogens with one attached hydrogen (secondary N) is 1. The van der Waals surface area contributed by atoms with Crippen LogP contribution in [0.2, 0.25) is 0 Å². The van der Waals surface area contributed by atoms with Gasteiger partial charge in [0.1, 0.15) is 11.5 Å². The van der Waals surface area contributed by atoms with Crippen molar-refractivity contribution in [2.45, 2.75) is 0 Å². The van der Waals surface area contributed by atoms with Crippen molar-refractivity contribution in [3.8, 4) is 11.3 Å². The number of Topliss-reactive ketones (excluding diaryl/α,β-unsaturated/α-hetero) is 1. The number of piperazine rings is 1. The first kappa shape index (κ1) is 24.7. The SMILES string of the molecule is O=C(CN1CCN(C(=O)c2cc(-c3ccc(F)cc3)n[nH]2)CC1)c1cccs1.O=C(O)C(=O)O. The molecule has 2 aromatic heterocycles. The number of aromatic amines is 1. The molecule has 0 saturated carbocycles. The van der Waals surface area contributed by atoms with Crippen molar-refractivity contribution in [3.05, 3.63) is 64.2 Å². The van der Waals surface area contributed by atoms with Crippen molar-refractivity contribution in [2.24, 2.45) is 0 Å². The summed E-state index contributed by atoms with van der Waals surface area (Å²) >= 11 is 1.45. The lowest BCUT2D eigenvalue weighted by Crippen LogP contribution is -2.49. The molecule has 1 saturated heterocycles. The molecule has 1 aromatic carbocycles. The largest absolute Gasteiger partial charge is 0.473 e. The van der Waals surface area contributed by atoms with E-state index in [1.165, 1.54) is 23.5 Å². The number of carboxylic acids is 2. The molecule has 3 heterocycles.